The first-order valence-electron chi connectivity index (χ1n) is 6.82. The van der Waals surface area contributed by atoms with Crippen molar-refractivity contribution in [2.24, 2.45) is 5.92 Å². The van der Waals surface area contributed by atoms with Crippen LogP contribution in [0.25, 0.3) is 11.3 Å². The van der Waals surface area contributed by atoms with Crippen molar-refractivity contribution in [2.75, 3.05) is 7.11 Å². The lowest BCUT2D eigenvalue weighted by atomic mass is 10.1. The maximum Gasteiger partial charge on any atom is 0.118 e. The molecule has 1 aromatic carbocycles. The van der Waals surface area contributed by atoms with E-state index in [9.17, 15) is 0 Å². The Morgan fingerprint density at radius 2 is 2.00 bits per heavy atom. The van der Waals surface area contributed by atoms with E-state index in [1.165, 1.54) is 19.3 Å². The summed E-state index contributed by atoms with van der Waals surface area (Å²) in [5, 5.41) is 8.57. The molecule has 19 heavy (non-hydrogen) atoms. The molecule has 0 amide bonds. The summed E-state index contributed by atoms with van der Waals surface area (Å²) in [5.74, 6) is 1.67. The van der Waals surface area contributed by atoms with Gasteiger partial charge in [0.2, 0.25) is 0 Å². The van der Waals surface area contributed by atoms with E-state index in [-0.39, 0.29) is 0 Å². The summed E-state index contributed by atoms with van der Waals surface area (Å²) in [6.07, 6.45) is 5.78. The van der Waals surface area contributed by atoms with Crippen molar-refractivity contribution >= 4 is 0 Å². The van der Waals surface area contributed by atoms with Gasteiger partial charge in [-0.3, -0.25) is 0 Å². The topological polar surface area (TPSA) is 39.9 Å². The molecule has 0 aliphatic heterocycles. The maximum absolute atomic E-state index is 5.16. The predicted octanol–water partition coefficient (Wildman–Crippen LogP) is 3.31. The van der Waals surface area contributed by atoms with E-state index in [1.807, 2.05) is 28.9 Å². The number of hydrogen-bond donors (Lipinski definition) is 0. The zero-order valence-electron chi connectivity index (χ0n) is 11.4. The van der Waals surface area contributed by atoms with Crippen molar-refractivity contribution < 1.29 is 4.74 Å². The van der Waals surface area contributed by atoms with Gasteiger partial charge < -0.3 is 4.74 Å². The fourth-order valence-electron chi connectivity index (χ4n) is 2.77. The molecule has 100 valence electrons. The molecule has 2 unspecified atom stereocenters. The van der Waals surface area contributed by atoms with Gasteiger partial charge in [-0.05, 0) is 49.4 Å². The van der Waals surface area contributed by atoms with Crippen LogP contribution in [0.3, 0.4) is 0 Å². The summed E-state index contributed by atoms with van der Waals surface area (Å²) in [5.41, 5.74) is 2.01. The van der Waals surface area contributed by atoms with Crippen LogP contribution in [0.4, 0.5) is 0 Å². The van der Waals surface area contributed by atoms with Gasteiger partial charge in [-0.2, -0.15) is 0 Å². The van der Waals surface area contributed by atoms with E-state index in [4.69, 9.17) is 4.74 Å². The van der Waals surface area contributed by atoms with Crippen LogP contribution in [0, 0.1) is 5.92 Å². The Bertz CT molecular complexity index is 547. The quantitative estimate of drug-likeness (QED) is 0.847. The first-order chi connectivity index (χ1) is 9.26. The smallest absolute Gasteiger partial charge is 0.118 e. The Hall–Kier alpha value is -1.84. The van der Waals surface area contributed by atoms with Crippen LogP contribution in [0.1, 0.15) is 32.2 Å². The minimum absolute atomic E-state index is 0.523. The Morgan fingerprint density at radius 3 is 2.63 bits per heavy atom. The fraction of sp³-hybridized carbons (Fsp3) is 0.467. The van der Waals surface area contributed by atoms with Gasteiger partial charge in [0, 0.05) is 5.56 Å². The monoisotopic (exact) mass is 257 g/mol. The van der Waals surface area contributed by atoms with E-state index in [0.29, 0.717) is 6.04 Å². The van der Waals surface area contributed by atoms with Crippen molar-refractivity contribution in [1.82, 2.24) is 15.0 Å². The highest BCUT2D eigenvalue weighted by Crippen LogP contribution is 2.34. The maximum atomic E-state index is 5.16. The molecule has 1 fully saturated rings. The summed E-state index contributed by atoms with van der Waals surface area (Å²) in [4.78, 5) is 0. The van der Waals surface area contributed by atoms with Gasteiger partial charge in [0.05, 0.1) is 19.3 Å². The zero-order chi connectivity index (χ0) is 13.2. The molecule has 1 aliphatic carbocycles. The molecule has 0 bridgehead atoms. The van der Waals surface area contributed by atoms with Crippen molar-refractivity contribution in [3.05, 3.63) is 30.5 Å². The fourth-order valence-corrected chi connectivity index (χ4v) is 2.77. The summed E-state index contributed by atoms with van der Waals surface area (Å²) in [6, 6.07) is 8.46. The van der Waals surface area contributed by atoms with Crippen molar-refractivity contribution in [3.8, 4) is 17.0 Å². The molecule has 2 aromatic rings. The van der Waals surface area contributed by atoms with E-state index >= 15 is 0 Å². The number of aromatic nitrogens is 3. The van der Waals surface area contributed by atoms with E-state index < -0.39 is 0 Å². The first-order valence-corrected chi connectivity index (χ1v) is 6.82. The Kier molecular flexibility index (Phi) is 3.23. The number of benzene rings is 1. The molecular formula is C15H19N3O. The molecule has 3 rings (SSSR count). The molecule has 1 heterocycles. The third kappa shape index (κ3) is 2.48. The summed E-state index contributed by atoms with van der Waals surface area (Å²) in [6.45, 7) is 2.31. The largest absolute Gasteiger partial charge is 0.497 e. The van der Waals surface area contributed by atoms with Crippen LogP contribution in [-0.2, 0) is 0 Å². The van der Waals surface area contributed by atoms with Crippen LogP contribution in [-0.4, -0.2) is 22.1 Å². The number of ether oxygens (including phenoxy) is 1. The van der Waals surface area contributed by atoms with Crippen molar-refractivity contribution in [2.45, 2.75) is 32.2 Å². The summed E-state index contributed by atoms with van der Waals surface area (Å²) >= 11 is 0. The lowest BCUT2D eigenvalue weighted by molar-refractivity contribution is 0.415. The highest BCUT2D eigenvalue weighted by atomic mass is 16.5. The highest BCUT2D eigenvalue weighted by molar-refractivity contribution is 5.58. The molecule has 4 heteroatoms. The van der Waals surface area contributed by atoms with Gasteiger partial charge >= 0.3 is 0 Å². The molecule has 0 saturated heterocycles. The van der Waals surface area contributed by atoms with E-state index in [2.05, 4.69) is 23.4 Å². The Balaban J connectivity index is 1.80. The average molecular weight is 257 g/mol. The van der Waals surface area contributed by atoms with Gasteiger partial charge in [0.1, 0.15) is 11.4 Å². The van der Waals surface area contributed by atoms with E-state index in [0.717, 1.165) is 22.9 Å². The molecule has 1 aliphatic rings. The second kappa shape index (κ2) is 5.03. The van der Waals surface area contributed by atoms with E-state index in [1.54, 1.807) is 7.11 Å². The van der Waals surface area contributed by atoms with Gasteiger partial charge in [0.15, 0.2) is 0 Å². The first kappa shape index (κ1) is 12.2. The van der Waals surface area contributed by atoms with Crippen LogP contribution in [0.15, 0.2) is 30.5 Å². The Labute approximate surface area is 113 Å². The SMILES string of the molecule is COc1ccc(-c2cn(C3CCC(C)C3)nn2)cc1. The second-order valence-electron chi connectivity index (χ2n) is 5.38. The number of hydrogen-bond acceptors (Lipinski definition) is 3. The number of methoxy groups -OCH3 is 1. The van der Waals surface area contributed by atoms with Gasteiger partial charge in [0.25, 0.3) is 0 Å². The molecule has 1 aromatic heterocycles. The van der Waals surface area contributed by atoms with Gasteiger partial charge in [-0.1, -0.05) is 12.1 Å². The molecule has 2 atom stereocenters. The van der Waals surface area contributed by atoms with Crippen LogP contribution in [0.2, 0.25) is 0 Å². The third-order valence-corrected chi connectivity index (χ3v) is 3.94. The van der Waals surface area contributed by atoms with Crippen LogP contribution < -0.4 is 4.74 Å². The molecule has 0 spiro atoms. The number of nitrogens with zero attached hydrogens (tertiary/aromatic N) is 3. The minimum atomic E-state index is 0.523. The average Bonchev–Trinajstić information content (AvgIpc) is 3.07. The van der Waals surface area contributed by atoms with Crippen LogP contribution >= 0.6 is 0 Å². The lowest BCUT2D eigenvalue weighted by Crippen LogP contribution is -2.05. The second-order valence-corrected chi connectivity index (χ2v) is 5.38. The zero-order valence-corrected chi connectivity index (χ0v) is 11.4. The lowest BCUT2D eigenvalue weighted by Gasteiger charge is -2.08. The predicted molar refractivity (Wildman–Crippen MR) is 74.1 cm³/mol. The number of rotatable bonds is 3. The van der Waals surface area contributed by atoms with Gasteiger partial charge in [-0.25, -0.2) is 4.68 Å². The van der Waals surface area contributed by atoms with Gasteiger partial charge in [-0.15, -0.1) is 5.10 Å². The molecule has 0 N–H and O–H groups in total. The van der Waals surface area contributed by atoms with Crippen molar-refractivity contribution in [1.29, 1.82) is 0 Å². The summed E-state index contributed by atoms with van der Waals surface area (Å²) in [7, 11) is 1.67. The minimum Gasteiger partial charge on any atom is -0.497 e. The standard InChI is InChI=1S/C15H19N3O/c1-11-3-6-13(9-11)18-10-15(16-17-18)12-4-7-14(19-2)8-5-12/h4-5,7-8,10-11,13H,3,6,9H2,1-2H3. The molecule has 4 nitrogen and oxygen atoms in total. The van der Waals surface area contributed by atoms with Crippen LogP contribution in [0.5, 0.6) is 5.75 Å². The molecular weight excluding hydrogens is 238 g/mol. The third-order valence-electron chi connectivity index (χ3n) is 3.94. The summed E-state index contributed by atoms with van der Waals surface area (Å²) < 4.78 is 7.19. The normalized spacial score (nSPS) is 22.6. The molecule has 1 saturated carbocycles. The highest BCUT2D eigenvalue weighted by Gasteiger charge is 2.23. The van der Waals surface area contributed by atoms with Crippen molar-refractivity contribution in [3.63, 3.8) is 0 Å². The Morgan fingerprint density at radius 1 is 1.21 bits per heavy atom. The molecule has 0 radical (unpaired) electrons.